The Labute approximate surface area is 156 Å². The van der Waals surface area contributed by atoms with Crippen molar-refractivity contribution in [1.82, 2.24) is 14.7 Å². The zero-order valence-corrected chi connectivity index (χ0v) is 14.7. The molecule has 1 aliphatic rings. The summed E-state index contributed by atoms with van der Waals surface area (Å²) in [5, 5.41) is 4.45. The Morgan fingerprint density at radius 3 is 2.33 bits per heavy atom. The monoisotopic (exact) mass is 367 g/mol. The van der Waals surface area contributed by atoms with Crippen LogP contribution in [0.4, 0.5) is 8.78 Å². The van der Waals surface area contributed by atoms with E-state index in [9.17, 15) is 13.6 Å². The standard InChI is InChI=1S/C21H19F2N3O/c22-18-7-3-15(4-8-18)17-12-24-26(13-17)20-2-1-11-25(14-20)21(27)16-5-9-19(23)10-6-16/h3-10,12-13,20H,1-2,11,14H2. The van der Waals surface area contributed by atoms with Crippen LogP contribution in [0.15, 0.2) is 60.9 Å². The minimum atomic E-state index is -0.354. The van der Waals surface area contributed by atoms with Gasteiger partial charge in [0.25, 0.3) is 5.91 Å². The molecule has 4 rings (SSSR count). The van der Waals surface area contributed by atoms with Gasteiger partial charge >= 0.3 is 0 Å². The number of benzene rings is 2. The van der Waals surface area contributed by atoms with Gasteiger partial charge in [0, 0.05) is 30.4 Å². The van der Waals surface area contributed by atoms with Gasteiger partial charge in [0.05, 0.1) is 12.2 Å². The smallest absolute Gasteiger partial charge is 0.253 e. The van der Waals surface area contributed by atoms with E-state index in [1.54, 1.807) is 23.2 Å². The number of halogens is 2. The lowest BCUT2D eigenvalue weighted by Crippen LogP contribution is -2.40. The number of nitrogens with zero attached hydrogens (tertiary/aromatic N) is 3. The van der Waals surface area contributed by atoms with E-state index < -0.39 is 0 Å². The molecule has 1 amide bonds. The summed E-state index contributed by atoms with van der Waals surface area (Å²) in [6, 6.07) is 12.0. The molecule has 138 valence electrons. The van der Waals surface area contributed by atoms with Crippen LogP contribution in [0, 0.1) is 11.6 Å². The molecule has 27 heavy (non-hydrogen) atoms. The molecule has 3 aromatic rings. The predicted octanol–water partition coefficient (Wildman–Crippen LogP) is 4.31. The molecule has 0 bridgehead atoms. The number of rotatable bonds is 3. The molecule has 1 atom stereocenters. The van der Waals surface area contributed by atoms with Crippen LogP contribution in [-0.4, -0.2) is 33.7 Å². The van der Waals surface area contributed by atoms with Gasteiger partial charge in [0.2, 0.25) is 0 Å². The molecule has 2 heterocycles. The van der Waals surface area contributed by atoms with Crippen molar-refractivity contribution in [3.63, 3.8) is 0 Å². The molecule has 4 nitrogen and oxygen atoms in total. The number of hydrogen-bond acceptors (Lipinski definition) is 2. The largest absolute Gasteiger partial charge is 0.337 e. The topological polar surface area (TPSA) is 38.1 Å². The molecular weight excluding hydrogens is 348 g/mol. The van der Waals surface area contributed by atoms with E-state index >= 15 is 0 Å². The van der Waals surface area contributed by atoms with Crippen molar-refractivity contribution in [2.75, 3.05) is 13.1 Å². The van der Waals surface area contributed by atoms with E-state index in [2.05, 4.69) is 5.10 Å². The van der Waals surface area contributed by atoms with Crippen molar-refractivity contribution in [1.29, 1.82) is 0 Å². The average molecular weight is 367 g/mol. The fourth-order valence-corrected chi connectivity index (χ4v) is 3.46. The Hall–Kier alpha value is -3.02. The van der Waals surface area contributed by atoms with Gasteiger partial charge in [-0.15, -0.1) is 0 Å². The second-order valence-electron chi connectivity index (χ2n) is 6.77. The van der Waals surface area contributed by atoms with Crippen molar-refractivity contribution < 1.29 is 13.6 Å². The first-order valence-corrected chi connectivity index (χ1v) is 8.95. The zero-order chi connectivity index (χ0) is 18.8. The third-order valence-corrected chi connectivity index (χ3v) is 4.93. The lowest BCUT2D eigenvalue weighted by atomic mass is 10.0. The van der Waals surface area contributed by atoms with Crippen molar-refractivity contribution >= 4 is 5.91 Å². The lowest BCUT2D eigenvalue weighted by Gasteiger charge is -2.33. The number of likely N-dealkylation sites (tertiary alicyclic amines) is 1. The fraction of sp³-hybridized carbons (Fsp3) is 0.238. The molecule has 0 radical (unpaired) electrons. The van der Waals surface area contributed by atoms with Gasteiger partial charge < -0.3 is 4.90 Å². The van der Waals surface area contributed by atoms with Crippen LogP contribution >= 0.6 is 0 Å². The van der Waals surface area contributed by atoms with Crippen LogP contribution < -0.4 is 0 Å². The molecule has 0 spiro atoms. The van der Waals surface area contributed by atoms with E-state index in [0.717, 1.165) is 24.0 Å². The molecule has 1 fully saturated rings. The van der Waals surface area contributed by atoms with Crippen molar-refractivity contribution in [3.05, 3.63) is 78.1 Å². The molecule has 0 N–H and O–H groups in total. The highest BCUT2D eigenvalue weighted by Gasteiger charge is 2.26. The maximum Gasteiger partial charge on any atom is 0.253 e. The quantitative estimate of drug-likeness (QED) is 0.692. The minimum absolute atomic E-state index is 0.0809. The molecule has 1 aromatic heterocycles. The molecule has 1 saturated heterocycles. The van der Waals surface area contributed by atoms with Gasteiger partial charge in [-0.2, -0.15) is 5.10 Å². The van der Waals surface area contributed by atoms with E-state index in [0.29, 0.717) is 18.7 Å². The Morgan fingerprint density at radius 1 is 0.963 bits per heavy atom. The van der Waals surface area contributed by atoms with E-state index in [4.69, 9.17) is 0 Å². The van der Waals surface area contributed by atoms with E-state index in [1.807, 2.05) is 10.9 Å². The Balaban J connectivity index is 1.49. The van der Waals surface area contributed by atoms with Crippen LogP contribution in [0.5, 0.6) is 0 Å². The molecule has 1 aliphatic heterocycles. The number of carbonyl (C=O) groups is 1. The van der Waals surface area contributed by atoms with Crippen molar-refractivity contribution in [2.24, 2.45) is 0 Å². The van der Waals surface area contributed by atoms with E-state index in [-0.39, 0.29) is 23.6 Å². The maximum absolute atomic E-state index is 13.1. The van der Waals surface area contributed by atoms with Crippen molar-refractivity contribution in [3.8, 4) is 11.1 Å². The average Bonchev–Trinajstić information content (AvgIpc) is 3.19. The minimum Gasteiger partial charge on any atom is -0.337 e. The number of hydrogen-bond donors (Lipinski definition) is 0. The summed E-state index contributed by atoms with van der Waals surface area (Å²) in [6.45, 7) is 1.24. The maximum atomic E-state index is 13.1. The summed E-state index contributed by atoms with van der Waals surface area (Å²) < 4.78 is 28.1. The highest BCUT2D eigenvalue weighted by atomic mass is 19.1. The van der Waals surface area contributed by atoms with Crippen LogP contribution in [0.1, 0.15) is 29.2 Å². The number of amides is 1. The third-order valence-electron chi connectivity index (χ3n) is 4.93. The number of aromatic nitrogens is 2. The molecular formula is C21H19F2N3O. The number of piperidine rings is 1. The molecule has 6 heteroatoms. The van der Waals surface area contributed by atoms with E-state index in [1.165, 1.54) is 36.4 Å². The van der Waals surface area contributed by atoms with Gasteiger partial charge in [0.15, 0.2) is 0 Å². The fourth-order valence-electron chi connectivity index (χ4n) is 3.46. The first-order valence-electron chi connectivity index (χ1n) is 8.95. The molecule has 0 saturated carbocycles. The first-order chi connectivity index (χ1) is 13.1. The molecule has 2 aromatic carbocycles. The zero-order valence-electron chi connectivity index (χ0n) is 14.7. The predicted molar refractivity (Wildman–Crippen MR) is 98.2 cm³/mol. The Bertz CT molecular complexity index is 935. The first kappa shape index (κ1) is 17.4. The second-order valence-corrected chi connectivity index (χ2v) is 6.77. The SMILES string of the molecule is O=C(c1ccc(F)cc1)N1CCCC(n2cc(-c3ccc(F)cc3)cn2)C1. The van der Waals surface area contributed by atoms with Crippen LogP contribution in [0.3, 0.4) is 0 Å². The normalized spacial score (nSPS) is 17.1. The van der Waals surface area contributed by atoms with Gasteiger partial charge in [-0.25, -0.2) is 8.78 Å². The van der Waals surface area contributed by atoms with Gasteiger partial charge in [-0.05, 0) is 54.8 Å². The highest BCUT2D eigenvalue weighted by Crippen LogP contribution is 2.26. The Morgan fingerprint density at radius 2 is 1.63 bits per heavy atom. The molecule has 0 aliphatic carbocycles. The van der Waals surface area contributed by atoms with Crippen LogP contribution in [-0.2, 0) is 0 Å². The number of carbonyl (C=O) groups excluding carboxylic acids is 1. The summed E-state index contributed by atoms with van der Waals surface area (Å²) in [6.07, 6.45) is 5.50. The Kier molecular flexibility index (Phi) is 4.71. The summed E-state index contributed by atoms with van der Waals surface area (Å²) in [7, 11) is 0. The van der Waals surface area contributed by atoms with Gasteiger partial charge in [0.1, 0.15) is 11.6 Å². The summed E-state index contributed by atoms with van der Waals surface area (Å²) in [5.74, 6) is -0.716. The summed E-state index contributed by atoms with van der Waals surface area (Å²) >= 11 is 0. The van der Waals surface area contributed by atoms with Crippen LogP contribution in [0.2, 0.25) is 0 Å². The third kappa shape index (κ3) is 3.74. The highest BCUT2D eigenvalue weighted by molar-refractivity contribution is 5.94. The van der Waals surface area contributed by atoms with Crippen molar-refractivity contribution in [2.45, 2.75) is 18.9 Å². The van der Waals surface area contributed by atoms with Gasteiger partial charge in [-0.1, -0.05) is 12.1 Å². The summed E-state index contributed by atoms with van der Waals surface area (Å²) in [4.78, 5) is 14.5. The molecule has 1 unspecified atom stereocenters. The summed E-state index contributed by atoms with van der Waals surface area (Å²) in [5.41, 5.74) is 2.30. The lowest BCUT2D eigenvalue weighted by molar-refractivity contribution is 0.0673. The van der Waals surface area contributed by atoms with Gasteiger partial charge in [-0.3, -0.25) is 9.48 Å². The second kappa shape index (κ2) is 7.31. The van der Waals surface area contributed by atoms with Crippen LogP contribution in [0.25, 0.3) is 11.1 Å².